The highest BCUT2D eigenvalue weighted by atomic mass is 15.2. The molecule has 354 valence electrons. The summed E-state index contributed by atoms with van der Waals surface area (Å²) in [5.41, 5.74) is 17.1. The van der Waals surface area contributed by atoms with E-state index in [4.69, 9.17) is 0 Å². The average Bonchev–Trinajstić information content (AvgIpc) is 3.47. The Morgan fingerprint density at radius 1 is 0.216 bits per heavy atom. The van der Waals surface area contributed by atoms with Gasteiger partial charge in [0.2, 0.25) is 0 Å². The van der Waals surface area contributed by atoms with Gasteiger partial charge in [-0.25, -0.2) is 0 Å². The van der Waals surface area contributed by atoms with Crippen molar-refractivity contribution >= 4 is 72.7 Å². The molecule has 0 spiro atoms. The van der Waals surface area contributed by atoms with E-state index in [-0.39, 0.29) is 5.41 Å². The van der Waals surface area contributed by atoms with Crippen molar-refractivity contribution in [2.45, 2.75) is 19.3 Å². The van der Waals surface area contributed by atoms with E-state index in [1.807, 2.05) is 0 Å². The lowest BCUT2D eigenvalue weighted by Gasteiger charge is -2.30. The summed E-state index contributed by atoms with van der Waals surface area (Å²) in [6, 6.07) is 107. The zero-order valence-corrected chi connectivity index (χ0v) is 41.6. The van der Waals surface area contributed by atoms with Crippen LogP contribution in [0.4, 0.5) is 51.2 Å². The zero-order valence-electron chi connectivity index (χ0n) is 41.6. The Morgan fingerprint density at radius 3 is 0.838 bits per heavy atom. The minimum Gasteiger partial charge on any atom is -0.311 e. The smallest absolute Gasteiger partial charge is 0.0540 e. The van der Waals surface area contributed by atoms with Crippen molar-refractivity contribution < 1.29 is 0 Å². The molecule has 74 heavy (non-hydrogen) atoms. The minimum atomic E-state index is -0.242. The molecule has 0 amide bonds. The van der Waals surface area contributed by atoms with Crippen LogP contribution in [-0.2, 0) is 5.41 Å². The molecule has 0 radical (unpaired) electrons. The highest BCUT2D eigenvalue weighted by Gasteiger charge is 2.25. The summed E-state index contributed by atoms with van der Waals surface area (Å²) in [5.74, 6) is 0. The van der Waals surface area contributed by atoms with Gasteiger partial charge in [-0.1, -0.05) is 214 Å². The standard InChI is InChI=1S/C71H55N3/c1-71(2,59-42-50-66(51-43-59)74(62-26-10-5-11-27-62)70-31-17-21-57-19-13-15-29-68(57)70)58-40-48-64(49-41-58)72(60-22-6-3-7-23-60)63-44-36-54(37-45-63)52-32-34-53(35-33-52)55-38-46-65(47-39-55)73(61-24-8-4-9-25-61)69-30-16-20-56-18-12-14-28-67(56)69/h3-51H,1-2H3. The molecule has 0 aromatic heterocycles. The molecule has 0 saturated heterocycles. The van der Waals surface area contributed by atoms with Gasteiger partial charge < -0.3 is 14.7 Å². The van der Waals surface area contributed by atoms with Crippen molar-refractivity contribution in [2.75, 3.05) is 14.7 Å². The molecule has 0 aliphatic carbocycles. The van der Waals surface area contributed by atoms with Crippen LogP contribution in [0.25, 0.3) is 43.8 Å². The summed E-state index contributed by atoms with van der Waals surface area (Å²) in [6.45, 7) is 4.64. The van der Waals surface area contributed by atoms with Gasteiger partial charge in [0.25, 0.3) is 0 Å². The lowest BCUT2D eigenvalue weighted by atomic mass is 9.78. The monoisotopic (exact) mass is 949 g/mol. The maximum absolute atomic E-state index is 2.36. The molecular formula is C71H55N3. The van der Waals surface area contributed by atoms with E-state index < -0.39 is 0 Å². The van der Waals surface area contributed by atoms with Crippen molar-refractivity contribution in [3.63, 3.8) is 0 Å². The fourth-order valence-electron chi connectivity index (χ4n) is 10.5. The summed E-state index contributed by atoms with van der Waals surface area (Å²) in [5, 5.41) is 4.88. The predicted molar refractivity (Wildman–Crippen MR) is 315 cm³/mol. The summed E-state index contributed by atoms with van der Waals surface area (Å²) < 4.78 is 0. The first-order valence-electron chi connectivity index (χ1n) is 25.5. The molecule has 0 aliphatic rings. The first-order valence-corrected chi connectivity index (χ1v) is 25.5. The molecule has 12 rings (SSSR count). The topological polar surface area (TPSA) is 9.72 Å². The van der Waals surface area contributed by atoms with Gasteiger partial charge in [0.1, 0.15) is 0 Å². The largest absolute Gasteiger partial charge is 0.311 e. The number of anilines is 9. The van der Waals surface area contributed by atoms with Gasteiger partial charge in [-0.3, -0.25) is 0 Å². The molecule has 0 atom stereocenters. The third kappa shape index (κ3) is 8.97. The second-order valence-corrected chi connectivity index (χ2v) is 19.4. The van der Waals surface area contributed by atoms with Crippen LogP contribution in [0.15, 0.2) is 297 Å². The fraction of sp³-hybridized carbons (Fsp3) is 0.0423. The zero-order chi connectivity index (χ0) is 49.8. The van der Waals surface area contributed by atoms with Crippen LogP contribution in [0.5, 0.6) is 0 Å². The fourth-order valence-corrected chi connectivity index (χ4v) is 10.5. The second kappa shape index (κ2) is 20.0. The summed E-state index contributed by atoms with van der Waals surface area (Å²) in [4.78, 5) is 7.05. The molecule has 0 heterocycles. The number of hydrogen-bond acceptors (Lipinski definition) is 3. The van der Waals surface area contributed by atoms with E-state index in [1.54, 1.807) is 0 Å². The van der Waals surface area contributed by atoms with E-state index >= 15 is 0 Å². The van der Waals surface area contributed by atoms with Gasteiger partial charge >= 0.3 is 0 Å². The third-order valence-corrected chi connectivity index (χ3v) is 14.6. The third-order valence-electron chi connectivity index (χ3n) is 14.6. The van der Waals surface area contributed by atoms with Gasteiger partial charge in [-0.2, -0.15) is 0 Å². The van der Waals surface area contributed by atoms with Gasteiger partial charge in [0, 0.05) is 56.0 Å². The van der Waals surface area contributed by atoms with Crippen LogP contribution in [0.3, 0.4) is 0 Å². The molecule has 0 unspecified atom stereocenters. The Bertz CT molecular complexity index is 3800. The van der Waals surface area contributed by atoms with Crippen molar-refractivity contribution in [3.8, 4) is 22.3 Å². The normalized spacial score (nSPS) is 11.4. The van der Waals surface area contributed by atoms with E-state index in [1.165, 1.54) is 54.9 Å². The molecule has 0 fully saturated rings. The Hall–Kier alpha value is -9.44. The van der Waals surface area contributed by atoms with Crippen LogP contribution in [0.1, 0.15) is 25.0 Å². The van der Waals surface area contributed by atoms with Crippen molar-refractivity contribution in [1.29, 1.82) is 0 Å². The summed E-state index contributed by atoms with van der Waals surface area (Å²) >= 11 is 0. The number of fused-ring (bicyclic) bond motifs is 2. The van der Waals surface area contributed by atoms with Crippen LogP contribution >= 0.6 is 0 Å². The SMILES string of the molecule is CC(C)(c1ccc(N(c2ccccc2)c2ccc(-c3ccc(-c4ccc(N(c5ccccc5)c5cccc6ccccc56)cc4)cc3)cc2)cc1)c1ccc(N(c2ccccc2)c2cccc3ccccc23)cc1. The highest BCUT2D eigenvalue weighted by Crippen LogP contribution is 2.43. The van der Waals surface area contributed by atoms with Crippen LogP contribution in [0.2, 0.25) is 0 Å². The maximum Gasteiger partial charge on any atom is 0.0540 e. The number of rotatable bonds is 13. The van der Waals surface area contributed by atoms with E-state index in [9.17, 15) is 0 Å². The lowest BCUT2D eigenvalue weighted by molar-refractivity contribution is 0.641. The summed E-state index contributed by atoms with van der Waals surface area (Å²) in [6.07, 6.45) is 0. The van der Waals surface area contributed by atoms with Crippen molar-refractivity contribution in [2.24, 2.45) is 0 Å². The molecule has 0 bridgehead atoms. The Morgan fingerprint density at radius 2 is 0.473 bits per heavy atom. The average molecular weight is 950 g/mol. The quantitative estimate of drug-likeness (QED) is 0.114. The molecule has 0 N–H and O–H groups in total. The van der Waals surface area contributed by atoms with Crippen LogP contribution in [-0.4, -0.2) is 0 Å². The van der Waals surface area contributed by atoms with E-state index in [0.717, 1.165) is 51.2 Å². The Balaban J connectivity index is 0.780. The number of benzene rings is 12. The van der Waals surface area contributed by atoms with Gasteiger partial charge in [-0.05, 0) is 141 Å². The van der Waals surface area contributed by atoms with Crippen LogP contribution in [0, 0.1) is 0 Å². The molecule has 12 aromatic carbocycles. The van der Waals surface area contributed by atoms with Gasteiger partial charge in [0.05, 0.1) is 11.4 Å². The van der Waals surface area contributed by atoms with Crippen molar-refractivity contribution in [1.82, 2.24) is 0 Å². The predicted octanol–water partition coefficient (Wildman–Crippen LogP) is 20.1. The minimum absolute atomic E-state index is 0.242. The Kier molecular flexibility index (Phi) is 12.3. The molecule has 3 nitrogen and oxygen atoms in total. The molecule has 12 aromatic rings. The lowest BCUT2D eigenvalue weighted by Crippen LogP contribution is -2.19. The number of hydrogen-bond donors (Lipinski definition) is 0. The van der Waals surface area contributed by atoms with E-state index in [2.05, 4.69) is 326 Å². The molecule has 3 heteroatoms. The Labute approximate surface area is 435 Å². The molecule has 0 aliphatic heterocycles. The van der Waals surface area contributed by atoms with Gasteiger partial charge in [0.15, 0.2) is 0 Å². The second-order valence-electron chi connectivity index (χ2n) is 19.4. The first-order chi connectivity index (χ1) is 36.5. The van der Waals surface area contributed by atoms with Gasteiger partial charge in [-0.15, -0.1) is 0 Å². The molecular weight excluding hydrogens is 895 g/mol. The maximum atomic E-state index is 2.36. The van der Waals surface area contributed by atoms with Crippen molar-refractivity contribution in [3.05, 3.63) is 308 Å². The van der Waals surface area contributed by atoms with E-state index in [0.29, 0.717) is 0 Å². The summed E-state index contributed by atoms with van der Waals surface area (Å²) in [7, 11) is 0. The highest BCUT2D eigenvalue weighted by molar-refractivity contribution is 6.00. The van der Waals surface area contributed by atoms with Crippen LogP contribution < -0.4 is 14.7 Å². The number of para-hydroxylation sites is 3. The number of nitrogens with zero attached hydrogens (tertiary/aromatic N) is 3. The molecule has 0 saturated carbocycles. The first kappa shape index (κ1) is 45.7.